The third kappa shape index (κ3) is 4.74. The second-order valence-electron chi connectivity index (χ2n) is 6.67. The van der Waals surface area contributed by atoms with Crippen molar-refractivity contribution in [2.24, 2.45) is 0 Å². The Balaban J connectivity index is 0.000000567. The van der Waals surface area contributed by atoms with Crippen LogP contribution in [-0.4, -0.2) is 40.3 Å². The molecule has 0 aliphatic heterocycles. The van der Waals surface area contributed by atoms with E-state index in [1.54, 1.807) is 24.8 Å². The minimum Gasteiger partial charge on any atom is -0.277 e. The average Bonchev–Trinajstić information content (AvgIpc) is 3.56. The number of aromatic amines is 2. The highest BCUT2D eigenvalue weighted by Crippen LogP contribution is 2.28. The summed E-state index contributed by atoms with van der Waals surface area (Å²) < 4.78 is 0. The first-order chi connectivity index (χ1) is 15.8. The summed E-state index contributed by atoms with van der Waals surface area (Å²) in [6.45, 7) is 3.64. The summed E-state index contributed by atoms with van der Waals surface area (Å²) in [5.74, 6) is 5.36. The molecule has 5 aromatic rings. The molecule has 2 N–H and O–H groups in total. The van der Waals surface area contributed by atoms with Gasteiger partial charge in [-0.3, -0.25) is 10.2 Å². The van der Waals surface area contributed by atoms with Crippen molar-refractivity contribution in [3.63, 3.8) is 0 Å². The number of H-pyrrole nitrogens is 2. The standard InChI is InChI=1S/C20H14N8.C4H6/c1-2-13(17-5-19(27-25-17)15-7-21-11-22-8-15)4-14(3-1)18-6-20(28-26-18)16-9-23-12-24-10-16;1-3-4-2/h1-12H,(H,25,27)(H,26,28);1-2H3. The first kappa shape index (κ1) is 20.6. The van der Waals surface area contributed by atoms with Gasteiger partial charge in [-0.1, -0.05) is 18.2 Å². The highest BCUT2D eigenvalue weighted by atomic mass is 15.1. The zero-order chi connectivity index (χ0) is 22.2. The lowest BCUT2D eigenvalue weighted by atomic mass is 10.0. The molecule has 0 atom stereocenters. The fourth-order valence-electron chi connectivity index (χ4n) is 2.95. The van der Waals surface area contributed by atoms with Crippen LogP contribution < -0.4 is 0 Å². The maximum Gasteiger partial charge on any atom is 0.115 e. The highest BCUT2D eigenvalue weighted by Gasteiger charge is 2.10. The van der Waals surface area contributed by atoms with Crippen molar-refractivity contribution < 1.29 is 0 Å². The second-order valence-corrected chi connectivity index (χ2v) is 6.67. The molecule has 0 saturated carbocycles. The highest BCUT2D eigenvalue weighted by molar-refractivity contribution is 5.74. The van der Waals surface area contributed by atoms with Gasteiger partial charge < -0.3 is 0 Å². The summed E-state index contributed by atoms with van der Waals surface area (Å²) in [7, 11) is 0. The predicted octanol–water partition coefficient (Wildman–Crippen LogP) is 4.41. The number of nitrogens with one attached hydrogen (secondary N) is 2. The summed E-state index contributed by atoms with van der Waals surface area (Å²) in [4.78, 5) is 16.2. The van der Waals surface area contributed by atoms with Gasteiger partial charge in [0.1, 0.15) is 12.7 Å². The van der Waals surface area contributed by atoms with E-state index in [9.17, 15) is 0 Å². The van der Waals surface area contributed by atoms with Gasteiger partial charge in [-0.25, -0.2) is 19.9 Å². The molecule has 0 bridgehead atoms. The van der Waals surface area contributed by atoms with E-state index in [1.165, 1.54) is 12.7 Å². The van der Waals surface area contributed by atoms with E-state index in [2.05, 4.69) is 58.2 Å². The van der Waals surface area contributed by atoms with Crippen LogP contribution >= 0.6 is 0 Å². The van der Waals surface area contributed by atoms with Crippen LogP contribution in [0, 0.1) is 11.8 Å². The summed E-state index contributed by atoms with van der Waals surface area (Å²) in [5, 5.41) is 14.9. The van der Waals surface area contributed by atoms with Crippen LogP contribution in [0.3, 0.4) is 0 Å². The Hall–Kier alpha value is -4.64. The molecule has 0 fully saturated rings. The number of aromatic nitrogens is 8. The molecule has 1 aromatic carbocycles. The van der Waals surface area contributed by atoms with Gasteiger partial charge in [-0.15, -0.1) is 11.8 Å². The molecule has 8 heteroatoms. The Morgan fingerprint density at radius 2 is 1.03 bits per heavy atom. The lowest BCUT2D eigenvalue weighted by molar-refractivity contribution is 1.08. The Morgan fingerprint density at radius 1 is 0.594 bits per heavy atom. The van der Waals surface area contributed by atoms with Crippen LogP contribution in [0.4, 0.5) is 0 Å². The molecule has 0 unspecified atom stereocenters. The van der Waals surface area contributed by atoms with E-state index in [1.807, 2.05) is 44.2 Å². The van der Waals surface area contributed by atoms with Gasteiger partial charge in [0.2, 0.25) is 0 Å². The Labute approximate surface area is 185 Å². The molecule has 0 amide bonds. The van der Waals surface area contributed by atoms with Crippen LogP contribution in [0.1, 0.15) is 13.8 Å². The SMILES string of the molecule is CC#CC.c1cc(-c2cc(-c3cncnc3)n[nH]2)cc(-c2cc(-c3cncnc3)n[nH]2)c1. The van der Waals surface area contributed by atoms with Gasteiger partial charge in [-0.2, -0.15) is 10.2 Å². The Bertz CT molecular complexity index is 1250. The number of benzene rings is 1. The van der Waals surface area contributed by atoms with Crippen LogP contribution in [0.2, 0.25) is 0 Å². The summed E-state index contributed by atoms with van der Waals surface area (Å²) >= 11 is 0. The van der Waals surface area contributed by atoms with Crippen molar-refractivity contribution in [2.75, 3.05) is 0 Å². The molecule has 0 spiro atoms. The number of nitrogens with zero attached hydrogens (tertiary/aromatic N) is 6. The fraction of sp³-hybridized carbons (Fsp3) is 0.0833. The Morgan fingerprint density at radius 3 is 1.44 bits per heavy atom. The largest absolute Gasteiger partial charge is 0.277 e. The fourth-order valence-corrected chi connectivity index (χ4v) is 2.95. The third-order valence-corrected chi connectivity index (χ3v) is 4.60. The monoisotopic (exact) mass is 420 g/mol. The van der Waals surface area contributed by atoms with Crippen molar-refractivity contribution >= 4 is 0 Å². The molecule has 4 aromatic heterocycles. The zero-order valence-electron chi connectivity index (χ0n) is 17.6. The van der Waals surface area contributed by atoms with Gasteiger partial charge >= 0.3 is 0 Å². The normalized spacial score (nSPS) is 9.94. The molecule has 8 nitrogen and oxygen atoms in total. The van der Waals surface area contributed by atoms with Gasteiger partial charge in [0.15, 0.2) is 0 Å². The minimum atomic E-state index is 0.800. The molecule has 32 heavy (non-hydrogen) atoms. The van der Waals surface area contributed by atoms with Gasteiger partial charge in [0, 0.05) is 47.0 Å². The van der Waals surface area contributed by atoms with Crippen molar-refractivity contribution in [3.8, 4) is 56.9 Å². The van der Waals surface area contributed by atoms with E-state index < -0.39 is 0 Å². The molecule has 0 aliphatic rings. The Kier molecular flexibility index (Phi) is 6.39. The second kappa shape index (κ2) is 9.91. The molecule has 156 valence electrons. The van der Waals surface area contributed by atoms with Crippen LogP contribution in [0.25, 0.3) is 45.0 Å². The zero-order valence-corrected chi connectivity index (χ0v) is 17.6. The van der Waals surface area contributed by atoms with Crippen molar-refractivity contribution in [3.05, 3.63) is 73.8 Å². The summed E-state index contributed by atoms with van der Waals surface area (Å²) in [5.41, 5.74) is 7.20. The molecular formula is C24H20N8. The van der Waals surface area contributed by atoms with Crippen molar-refractivity contribution in [1.82, 2.24) is 40.3 Å². The minimum absolute atomic E-state index is 0.800. The number of rotatable bonds is 4. The maximum atomic E-state index is 4.37. The van der Waals surface area contributed by atoms with Crippen LogP contribution in [-0.2, 0) is 0 Å². The van der Waals surface area contributed by atoms with Crippen LogP contribution in [0.15, 0.2) is 73.8 Å². The first-order valence-electron chi connectivity index (χ1n) is 9.84. The van der Waals surface area contributed by atoms with Crippen LogP contribution in [0.5, 0.6) is 0 Å². The molecular weight excluding hydrogens is 400 g/mol. The van der Waals surface area contributed by atoms with E-state index in [0.29, 0.717) is 0 Å². The first-order valence-corrected chi connectivity index (χ1v) is 9.84. The quantitative estimate of drug-likeness (QED) is 0.417. The van der Waals surface area contributed by atoms with E-state index >= 15 is 0 Å². The van der Waals surface area contributed by atoms with Gasteiger partial charge in [0.25, 0.3) is 0 Å². The lowest BCUT2D eigenvalue weighted by Gasteiger charge is -2.01. The van der Waals surface area contributed by atoms with Crippen molar-refractivity contribution in [1.29, 1.82) is 0 Å². The van der Waals surface area contributed by atoms with Gasteiger partial charge in [-0.05, 0) is 32.0 Å². The lowest BCUT2D eigenvalue weighted by Crippen LogP contribution is -1.82. The van der Waals surface area contributed by atoms with E-state index in [0.717, 1.165) is 45.0 Å². The topological polar surface area (TPSA) is 109 Å². The van der Waals surface area contributed by atoms with E-state index in [4.69, 9.17) is 0 Å². The average molecular weight is 420 g/mol. The molecule has 4 heterocycles. The molecule has 0 aliphatic carbocycles. The predicted molar refractivity (Wildman–Crippen MR) is 123 cm³/mol. The summed E-state index contributed by atoms with van der Waals surface area (Å²) in [6.07, 6.45) is 9.96. The van der Waals surface area contributed by atoms with Crippen molar-refractivity contribution in [2.45, 2.75) is 13.8 Å². The van der Waals surface area contributed by atoms with Gasteiger partial charge in [0.05, 0.1) is 22.8 Å². The maximum absolute atomic E-state index is 4.37. The number of hydrogen-bond acceptors (Lipinski definition) is 6. The summed E-state index contributed by atoms with van der Waals surface area (Å²) in [6, 6.07) is 12.1. The third-order valence-electron chi connectivity index (χ3n) is 4.60. The molecule has 0 saturated heterocycles. The molecule has 0 radical (unpaired) electrons. The van der Waals surface area contributed by atoms with E-state index in [-0.39, 0.29) is 0 Å². The molecule has 5 rings (SSSR count). The smallest absolute Gasteiger partial charge is 0.115 e. The number of hydrogen-bond donors (Lipinski definition) is 2.